The molecule has 4 aromatic carbocycles. The summed E-state index contributed by atoms with van der Waals surface area (Å²) in [7, 11) is 2.32. The van der Waals surface area contributed by atoms with Gasteiger partial charge in [0.25, 0.3) is 11.4 Å². The van der Waals surface area contributed by atoms with Crippen molar-refractivity contribution in [2.45, 2.75) is 62.2 Å². The molecule has 0 aliphatic carbocycles. The van der Waals surface area contributed by atoms with Crippen molar-refractivity contribution in [3.05, 3.63) is 127 Å². The van der Waals surface area contributed by atoms with Crippen molar-refractivity contribution in [3.63, 3.8) is 0 Å². The first-order valence-corrected chi connectivity index (χ1v) is 22.4. The van der Waals surface area contributed by atoms with Crippen molar-refractivity contribution in [3.8, 4) is 22.3 Å². The Balaban J connectivity index is 1.49. The highest BCUT2D eigenvalue weighted by molar-refractivity contribution is 7.99. The molecular formula is C50H50N4O12S. The predicted octanol–water partition coefficient (Wildman–Crippen LogP) is 8.44. The Morgan fingerprint density at radius 3 is 1.34 bits per heavy atom. The molecule has 2 amide bonds. The zero-order valence-corrected chi connectivity index (χ0v) is 38.7. The molecule has 2 aliphatic heterocycles. The summed E-state index contributed by atoms with van der Waals surface area (Å²) in [6, 6.07) is 20.4. The van der Waals surface area contributed by atoms with Crippen LogP contribution in [0.25, 0.3) is 34.4 Å². The monoisotopic (exact) mass is 930 g/mol. The molecule has 0 bridgehead atoms. The minimum Gasteiger partial charge on any atom is -0.468 e. The lowest BCUT2D eigenvalue weighted by molar-refractivity contribution is -0.387. The number of Topliss-reactive ketones (excluding diaryl/α,β-unsaturated/α-hetero) is 2. The van der Waals surface area contributed by atoms with Crippen LogP contribution in [0.2, 0.25) is 0 Å². The summed E-state index contributed by atoms with van der Waals surface area (Å²) in [6.07, 6.45) is 5.28. The van der Waals surface area contributed by atoms with Crippen molar-refractivity contribution in [2.75, 3.05) is 40.4 Å². The molecule has 2 saturated heterocycles. The van der Waals surface area contributed by atoms with Crippen LogP contribution in [-0.4, -0.2) is 95.4 Å². The van der Waals surface area contributed by atoms with Crippen molar-refractivity contribution >= 4 is 70.6 Å². The van der Waals surface area contributed by atoms with Crippen molar-refractivity contribution in [2.24, 2.45) is 11.8 Å². The summed E-state index contributed by atoms with van der Waals surface area (Å²) in [5.41, 5.74) is 2.78. The van der Waals surface area contributed by atoms with Gasteiger partial charge in [0.2, 0.25) is 11.8 Å². The van der Waals surface area contributed by atoms with Crippen LogP contribution in [0.15, 0.2) is 94.7 Å². The molecule has 17 heteroatoms. The van der Waals surface area contributed by atoms with Gasteiger partial charge in [-0.15, -0.1) is 0 Å². The molecule has 2 unspecified atom stereocenters. The van der Waals surface area contributed by atoms with E-state index in [9.17, 15) is 49.0 Å². The van der Waals surface area contributed by atoms with Gasteiger partial charge in [0.05, 0.1) is 45.0 Å². The van der Waals surface area contributed by atoms with E-state index in [0.717, 1.165) is 37.1 Å². The van der Waals surface area contributed by atoms with Crippen LogP contribution in [0.1, 0.15) is 74.6 Å². The fourth-order valence-corrected chi connectivity index (χ4v) is 9.47. The first-order chi connectivity index (χ1) is 32.0. The third-order valence-corrected chi connectivity index (χ3v) is 13.0. The molecule has 6 rings (SSSR count). The number of nitrogens with zero attached hydrogens (tertiary/aromatic N) is 4. The highest BCUT2D eigenvalue weighted by Crippen LogP contribution is 2.50. The van der Waals surface area contributed by atoms with E-state index in [0.29, 0.717) is 22.3 Å². The Morgan fingerprint density at radius 1 is 0.627 bits per heavy atom. The molecule has 0 N–H and O–H groups in total. The molecule has 2 heterocycles. The molecule has 2 fully saturated rings. The van der Waals surface area contributed by atoms with E-state index in [4.69, 9.17) is 9.47 Å². The number of hydrogen-bond donors (Lipinski definition) is 0. The topological polar surface area (TPSA) is 214 Å². The largest absolute Gasteiger partial charge is 0.468 e. The molecule has 0 spiro atoms. The van der Waals surface area contributed by atoms with E-state index in [1.807, 2.05) is 52.0 Å². The molecule has 67 heavy (non-hydrogen) atoms. The van der Waals surface area contributed by atoms with E-state index in [1.54, 1.807) is 36.4 Å². The maximum Gasteiger partial charge on any atom is 0.318 e. The lowest BCUT2D eigenvalue weighted by atomic mass is 9.89. The first-order valence-electron chi connectivity index (χ1n) is 21.6. The van der Waals surface area contributed by atoms with Gasteiger partial charge in [0.15, 0.2) is 11.6 Å². The van der Waals surface area contributed by atoms with E-state index < -0.39 is 45.4 Å². The summed E-state index contributed by atoms with van der Waals surface area (Å²) >= 11 is 0.832. The van der Waals surface area contributed by atoms with Crippen LogP contribution in [0.5, 0.6) is 0 Å². The normalized spacial score (nSPS) is 16.5. The number of piperidine rings is 2. The Bertz CT molecular complexity index is 2530. The smallest absolute Gasteiger partial charge is 0.318 e. The van der Waals surface area contributed by atoms with Crippen LogP contribution >= 0.6 is 11.8 Å². The first kappa shape index (κ1) is 49.2. The van der Waals surface area contributed by atoms with Crippen LogP contribution < -0.4 is 0 Å². The average molecular weight is 931 g/mol. The minimum absolute atomic E-state index is 0.0449. The fourth-order valence-electron chi connectivity index (χ4n) is 8.42. The molecule has 16 nitrogen and oxygen atoms in total. The van der Waals surface area contributed by atoms with E-state index in [1.165, 1.54) is 46.2 Å². The zero-order chi connectivity index (χ0) is 48.7. The van der Waals surface area contributed by atoms with E-state index in [2.05, 4.69) is 0 Å². The second kappa shape index (κ2) is 21.4. The van der Waals surface area contributed by atoms with Gasteiger partial charge in [-0.05, 0) is 69.5 Å². The number of nitro groups is 2. The lowest BCUT2D eigenvalue weighted by Crippen LogP contribution is -2.46. The molecule has 2 atom stereocenters. The number of carbonyl (C=O) groups is 6. The third kappa shape index (κ3) is 10.7. The highest BCUT2D eigenvalue weighted by Gasteiger charge is 2.37. The molecule has 2 aliphatic rings. The van der Waals surface area contributed by atoms with Gasteiger partial charge in [0, 0.05) is 51.2 Å². The number of ether oxygens (including phenoxy) is 2. The van der Waals surface area contributed by atoms with Gasteiger partial charge in [-0.3, -0.25) is 49.0 Å². The van der Waals surface area contributed by atoms with E-state index >= 15 is 0 Å². The van der Waals surface area contributed by atoms with Crippen molar-refractivity contribution in [1.82, 2.24) is 9.80 Å². The Kier molecular flexibility index (Phi) is 15.7. The second-order valence-electron chi connectivity index (χ2n) is 16.7. The van der Waals surface area contributed by atoms with Gasteiger partial charge >= 0.3 is 11.9 Å². The number of nitro benzene ring substituents is 2. The SMILES string of the molecule is COC(=O)C1CN(C(=O)C=Cc2ccc(Sc3ccc(C=CC(=O)N4CCC(=O)C(C(=O)OC)C4)c(-c4ccccc4C(C)C)c3[N+](=O)[O-])c([N+](=O)[O-])c2-c2ccccc2C(C)C)CCC1=O. The van der Waals surface area contributed by atoms with Crippen LogP contribution in [0, 0.1) is 32.1 Å². The summed E-state index contributed by atoms with van der Waals surface area (Å²) in [5.74, 6) is -5.68. The van der Waals surface area contributed by atoms with Gasteiger partial charge in [-0.25, -0.2) is 0 Å². The highest BCUT2D eigenvalue weighted by atomic mass is 32.2. The average Bonchev–Trinajstić information content (AvgIpc) is 3.32. The van der Waals surface area contributed by atoms with E-state index in [-0.39, 0.29) is 94.7 Å². The fraction of sp³-hybridized carbons (Fsp3) is 0.320. The quantitative estimate of drug-likeness (QED) is 0.0382. The zero-order valence-electron chi connectivity index (χ0n) is 37.9. The van der Waals surface area contributed by atoms with Gasteiger partial charge in [-0.2, -0.15) is 0 Å². The number of esters is 2. The van der Waals surface area contributed by atoms with Crippen molar-refractivity contribution in [1.29, 1.82) is 0 Å². The summed E-state index contributed by atoms with van der Waals surface area (Å²) in [4.78, 5) is 105. The van der Waals surface area contributed by atoms with Gasteiger partial charge < -0.3 is 19.3 Å². The number of methoxy groups -OCH3 is 2. The third-order valence-electron chi connectivity index (χ3n) is 11.9. The molecule has 348 valence electrons. The summed E-state index contributed by atoms with van der Waals surface area (Å²) in [6.45, 7) is 7.53. The Morgan fingerprint density at radius 2 is 1.00 bits per heavy atom. The number of amides is 2. The molecule has 4 aromatic rings. The number of hydrogen-bond acceptors (Lipinski definition) is 13. The Labute approximate surface area is 391 Å². The predicted molar refractivity (Wildman–Crippen MR) is 251 cm³/mol. The molecule has 0 radical (unpaired) electrons. The van der Waals surface area contributed by atoms with Gasteiger partial charge in [-0.1, -0.05) is 100 Å². The number of ketones is 2. The van der Waals surface area contributed by atoms with Crippen LogP contribution in [0.3, 0.4) is 0 Å². The molecular weight excluding hydrogens is 881 g/mol. The maximum absolute atomic E-state index is 13.6. The second-order valence-corrected chi connectivity index (χ2v) is 17.8. The number of benzene rings is 4. The standard InChI is InChI=1S/C50H50N4O12S/c1-29(2)33-11-7-9-13-35(33)45-31(17-21-43(57)51-25-23-39(55)37(27-51)49(59)65-5)15-19-41(47(45)53(61)62)67-42-20-16-32(18-22-44(58)52-26-24-40(56)38(28-52)50(60)66-6)46(48(42)54(63)64)36-14-10-8-12-34(36)30(3)4/h7-22,29-30,37-38H,23-28H2,1-6H3. The number of carbonyl (C=O) groups excluding carboxylic acids is 6. The Hall–Kier alpha value is -7.27. The molecule has 0 aromatic heterocycles. The van der Waals surface area contributed by atoms with Crippen molar-refractivity contribution < 1.29 is 48.1 Å². The minimum atomic E-state index is -1.13. The van der Waals surface area contributed by atoms with Crippen LogP contribution in [0.4, 0.5) is 11.4 Å². The summed E-state index contributed by atoms with van der Waals surface area (Å²) < 4.78 is 9.54. The number of likely N-dealkylation sites (tertiary alicyclic amines) is 2. The lowest BCUT2D eigenvalue weighted by Gasteiger charge is -2.29. The van der Waals surface area contributed by atoms with Crippen LogP contribution in [-0.2, 0) is 38.2 Å². The number of rotatable bonds is 14. The molecule has 0 saturated carbocycles. The summed E-state index contributed by atoms with van der Waals surface area (Å²) in [5, 5.41) is 26.9. The maximum atomic E-state index is 13.6. The van der Waals surface area contributed by atoms with Gasteiger partial charge in [0.1, 0.15) is 11.8 Å².